The van der Waals surface area contributed by atoms with Crippen molar-refractivity contribution in [3.63, 3.8) is 0 Å². The van der Waals surface area contributed by atoms with Crippen LogP contribution in [0.4, 0.5) is 5.69 Å². The van der Waals surface area contributed by atoms with E-state index in [0.29, 0.717) is 22.0 Å². The summed E-state index contributed by atoms with van der Waals surface area (Å²) < 4.78 is 0. The molecule has 1 atom stereocenters. The van der Waals surface area contributed by atoms with Gasteiger partial charge >= 0.3 is 0 Å². The van der Waals surface area contributed by atoms with E-state index in [1.807, 2.05) is 12.1 Å². The fourth-order valence-electron chi connectivity index (χ4n) is 1.87. The Hall–Kier alpha value is -0.840. The largest absolute Gasteiger partial charge is 0.389 e. The number of halogens is 1. The molecule has 3 N–H and O–H groups in total. The molecule has 0 saturated carbocycles. The molecule has 0 radical (unpaired) electrons. The molecule has 106 valence electrons. The van der Waals surface area contributed by atoms with Gasteiger partial charge in [-0.3, -0.25) is 0 Å². The minimum Gasteiger partial charge on any atom is -0.389 e. The Morgan fingerprint density at radius 1 is 1.42 bits per heavy atom. The molecule has 0 aliphatic rings. The lowest BCUT2D eigenvalue weighted by Gasteiger charge is -2.27. The van der Waals surface area contributed by atoms with Gasteiger partial charge in [0.05, 0.1) is 0 Å². The standard InChI is InChI=1S/C14H22ClN3S/c1-9(2)13(8-18(3)4)17-12-7-10(15)5-6-11(12)14(16)19/h5-7,9,13,17H,8H2,1-4H3,(H2,16,19). The van der Waals surface area contributed by atoms with Crippen LogP contribution in [0.5, 0.6) is 0 Å². The SMILES string of the molecule is CC(C)C(CN(C)C)Nc1cc(Cl)ccc1C(N)=S. The maximum atomic E-state index is 6.06. The second kappa shape index (κ2) is 7.08. The molecule has 1 unspecified atom stereocenters. The van der Waals surface area contributed by atoms with Crippen LogP contribution in [0.3, 0.4) is 0 Å². The van der Waals surface area contributed by atoms with Gasteiger partial charge in [-0.05, 0) is 38.2 Å². The monoisotopic (exact) mass is 299 g/mol. The Balaban J connectivity index is 3.01. The van der Waals surface area contributed by atoms with Gasteiger partial charge in [0.15, 0.2) is 0 Å². The fourth-order valence-corrected chi connectivity index (χ4v) is 2.22. The first-order valence-electron chi connectivity index (χ1n) is 6.32. The fraction of sp³-hybridized carbons (Fsp3) is 0.500. The van der Waals surface area contributed by atoms with E-state index in [-0.39, 0.29) is 0 Å². The van der Waals surface area contributed by atoms with Gasteiger partial charge < -0.3 is 16.0 Å². The third-order valence-corrected chi connectivity index (χ3v) is 3.41. The van der Waals surface area contributed by atoms with Gasteiger partial charge in [0.1, 0.15) is 4.99 Å². The summed E-state index contributed by atoms with van der Waals surface area (Å²) in [5.74, 6) is 0.487. The van der Waals surface area contributed by atoms with E-state index in [9.17, 15) is 0 Å². The molecule has 0 aromatic heterocycles. The van der Waals surface area contributed by atoms with Gasteiger partial charge in [0.25, 0.3) is 0 Å². The second-order valence-corrected chi connectivity index (χ2v) is 6.19. The predicted octanol–water partition coefficient (Wildman–Crippen LogP) is 2.97. The molecule has 1 aromatic carbocycles. The molecule has 0 aliphatic carbocycles. The lowest BCUT2D eigenvalue weighted by molar-refractivity contribution is 0.344. The number of nitrogens with one attached hydrogen (secondary N) is 1. The quantitative estimate of drug-likeness (QED) is 0.793. The van der Waals surface area contributed by atoms with Gasteiger partial charge in [0, 0.05) is 28.9 Å². The molecule has 1 rings (SSSR count). The first-order valence-corrected chi connectivity index (χ1v) is 7.10. The van der Waals surface area contributed by atoms with Crippen LogP contribution < -0.4 is 11.1 Å². The summed E-state index contributed by atoms with van der Waals surface area (Å²) in [5, 5.41) is 4.18. The summed E-state index contributed by atoms with van der Waals surface area (Å²) >= 11 is 11.1. The zero-order chi connectivity index (χ0) is 14.6. The van der Waals surface area contributed by atoms with E-state index in [1.165, 1.54) is 0 Å². The Kier molecular flexibility index (Phi) is 6.04. The molecule has 3 nitrogen and oxygen atoms in total. The average molecular weight is 300 g/mol. The van der Waals surface area contributed by atoms with Crippen LogP contribution in [0.1, 0.15) is 19.4 Å². The van der Waals surface area contributed by atoms with Crippen molar-refractivity contribution in [1.29, 1.82) is 0 Å². The van der Waals surface area contributed by atoms with Gasteiger partial charge in [-0.25, -0.2) is 0 Å². The first kappa shape index (κ1) is 16.2. The summed E-state index contributed by atoms with van der Waals surface area (Å²) in [4.78, 5) is 2.54. The maximum Gasteiger partial charge on any atom is 0.106 e. The third kappa shape index (κ3) is 4.97. The third-order valence-electron chi connectivity index (χ3n) is 2.95. The highest BCUT2D eigenvalue weighted by Gasteiger charge is 2.16. The molecular weight excluding hydrogens is 278 g/mol. The minimum atomic E-state index is 0.307. The van der Waals surface area contributed by atoms with Crippen LogP contribution in [-0.4, -0.2) is 36.6 Å². The van der Waals surface area contributed by atoms with E-state index in [4.69, 9.17) is 29.6 Å². The van der Waals surface area contributed by atoms with Crippen LogP contribution >= 0.6 is 23.8 Å². The highest BCUT2D eigenvalue weighted by Crippen LogP contribution is 2.23. The molecule has 1 aromatic rings. The summed E-state index contributed by atoms with van der Waals surface area (Å²) in [6, 6.07) is 5.85. The zero-order valence-electron chi connectivity index (χ0n) is 11.9. The number of likely N-dealkylation sites (N-methyl/N-ethyl adjacent to an activating group) is 1. The van der Waals surface area contributed by atoms with E-state index in [0.717, 1.165) is 17.8 Å². The van der Waals surface area contributed by atoms with Crippen LogP contribution in [0.2, 0.25) is 5.02 Å². The Bertz CT molecular complexity index is 446. The molecule has 0 spiro atoms. The summed E-state index contributed by atoms with van der Waals surface area (Å²) in [5.41, 5.74) is 7.50. The van der Waals surface area contributed by atoms with Crippen molar-refractivity contribution in [2.45, 2.75) is 19.9 Å². The molecule has 19 heavy (non-hydrogen) atoms. The van der Waals surface area contributed by atoms with Crippen molar-refractivity contribution in [3.05, 3.63) is 28.8 Å². The smallest absolute Gasteiger partial charge is 0.106 e. The van der Waals surface area contributed by atoms with Crippen molar-refractivity contribution < 1.29 is 0 Å². The van der Waals surface area contributed by atoms with Crippen LogP contribution in [0, 0.1) is 5.92 Å². The number of benzene rings is 1. The molecule has 0 aliphatic heterocycles. The average Bonchev–Trinajstić information content (AvgIpc) is 2.26. The topological polar surface area (TPSA) is 41.3 Å². The number of hydrogen-bond donors (Lipinski definition) is 2. The van der Waals surface area contributed by atoms with E-state index >= 15 is 0 Å². The summed E-state index contributed by atoms with van der Waals surface area (Å²) in [6.07, 6.45) is 0. The second-order valence-electron chi connectivity index (χ2n) is 5.31. The number of hydrogen-bond acceptors (Lipinski definition) is 3. The predicted molar refractivity (Wildman–Crippen MR) is 88.1 cm³/mol. The van der Waals surface area contributed by atoms with Crippen molar-refractivity contribution in [1.82, 2.24) is 4.90 Å². The molecule has 0 heterocycles. The van der Waals surface area contributed by atoms with Crippen molar-refractivity contribution in [3.8, 4) is 0 Å². The Labute approximate surface area is 126 Å². The zero-order valence-corrected chi connectivity index (χ0v) is 13.5. The van der Waals surface area contributed by atoms with E-state index in [1.54, 1.807) is 6.07 Å². The molecule has 0 fully saturated rings. The summed E-state index contributed by atoms with van der Waals surface area (Å²) in [7, 11) is 4.12. The molecule has 0 amide bonds. The number of rotatable bonds is 6. The molecule has 0 saturated heterocycles. The summed E-state index contributed by atoms with van der Waals surface area (Å²) in [6.45, 7) is 5.30. The van der Waals surface area contributed by atoms with Crippen molar-refractivity contribution in [2.75, 3.05) is 26.0 Å². The lowest BCUT2D eigenvalue weighted by atomic mass is 10.0. The number of nitrogens with two attached hydrogens (primary N) is 1. The lowest BCUT2D eigenvalue weighted by Crippen LogP contribution is -2.37. The van der Waals surface area contributed by atoms with Crippen LogP contribution in [0.25, 0.3) is 0 Å². The van der Waals surface area contributed by atoms with Gasteiger partial charge in [0.2, 0.25) is 0 Å². The highest BCUT2D eigenvalue weighted by atomic mass is 35.5. The van der Waals surface area contributed by atoms with Gasteiger partial charge in [-0.2, -0.15) is 0 Å². The first-order chi connectivity index (χ1) is 8.81. The number of thiocarbonyl (C=S) groups is 1. The van der Waals surface area contributed by atoms with Crippen molar-refractivity contribution in [2.24, 2.45) is 11.7 Å². The number of anilines is 1. The maximum absolute atomic E-state index is 6.06. The Morgan fingerprint density at radius 3 is 2.53 bits per heavy atom. The normalized spacial score (nSPS) is 12.8. The molecule has 0 bridgehead atoms. The van der Waals surface area contributed by atoms with Crippen LogP contribution in [-0.2, 0) is 0 Å². The highest BCUT2D eigenvalue weighted by molar-refractivity contribution is 7.80. The van der Waals surface area contributed by atoms with Gasteiger partial charge in [-0.1, -0.05) is 37.7 Å². The number of nitrogens with zero attached hydrogens (tertiary/aromatic N) is 1. The van der Waals surface area contributed by atoms with E-state index < -0.39 is 0 Å². The van der Waals surface area contributed by atoms with Crippen molar-refractivity contribution >= 4 is 34.5 Å². The molecular formula is C14H22ClN3S. The van der Waals surface area contributed by atoms with E-state index in [2.05, 4.69) is 38.2 Å². The van der Waals surface area contributed by atoms with Crippen LogP contribution in [0.15, 0.2) is 18.2 Å². The van der Waals surface area contributed by atoms with Gasteiger partial charge in [-0.15, -0.1) is 0 Å². The Morgan fingerprint density at radius 2 is 2.05 bits per heavy atom. The minimum absolute atomic E-state index is 0.307. The molecule has 5 heteroatoms.